The number of hydrogen-bond donors (Lipinski definition) is 3. The van der Waals surface area contributed by atoms with E-state index >= 15 is 0 Å². The molecular weight excluding hydrogens is 276 g/mol. The Balaban J connectivity index is 1.97. The van der Waals surface area contributed by atoms with Crippen molar-refractivity contribution in [3.05, 3.63) is 0 Å². The average molecular weight is 304 g/mol. The van der Waals surface area contributed by atoms with Crippen LogP contribution in [0.3, 0.4) is 0 Å². The highest BCUT2D eigenvalue weighted by atomic mass is 16.5. The summed E-state index contributed by atoms with van der Waals surface area (Å²) in [5.41, 5.74) is 5.28. The molecule has 1 unspecified atom stereocenters. The van der Waals surface area contributed by atoms with Gasteiger partial charge in [-0.15, -0.1) is 0 Å². The lowest BCUT2D eigenvalue weighted by atomic mass is 10.1. The largest absolute Gasteiger partial charge is 0.390 e. The van der Waals surface area contributed by atoms with Crippen molar-refractivity contribution in [3.8, 4) is 0 Å². The molecule has 0 saturated carbocycles. The number of aliphatic hydroxyl groups excluding tert-OH is 1. The van der Waals surface area contributed by atoms with Gasteiger partial charge < -0.3 is 30.4 Å². The Morgan fingerprint density at radius 1 is 1.33 bits per heavy atom. The van der Waals surface area contributed by atoms with Crippen LogP contribution in [0.15, 0.2) is 0 Å². The molecule has 0 aromatic carbocycles. The SMILES string of the molecule is CC[C@H]1O[C@H](CC(=O)NCCOCCOCCN)CC1O. The summed E-state index contributed by atoms with van der Waals surface area (Å²) >= 11 is 0. The van der Waals surface area contributed by atoms with Gasteiger partial charge in [0, 0.05) is 19.5 Å². The summed E-state index contributed by atoms with van der Waals surface area (Å²) in [6.45, 7) is 4.92. The third kappa shape index (κ3) is 7.73. The molecule has 1 heterocycles. The number of nitrogens with two attached hydrogens (primary N) is 1. The number of carbonyl (C=O) groups is 1. The topological polar surface area (TPSA) is 103 Å². The van der Waals surface area contributed by atoms with Crippen LogP contribution >= 0.6 is 0 Å². The Hall–Kier alpha value is -0.730. The molecule has 0 aromatic rings. The van der Waals surface area contributed by atoms with Gasteiger partial charge in [0.1, 0.15) is 0 Å². The van der Waals surface area contributed by atoms with Gasteiger partial charge in [0.15, 0.2) is 0 Å². The molecule has 3 atom stereocenters. The van der Waals surface area contributed by atoms with Crippen molar-refractivity contribution in [3.63, 3.8) is 0 Å². The highest BCUT2D eigenvalue weighted by Gasteiger charge is 2.33. The van der Waals surface area contributed by atoms with Crippen molar-refractivity contribution in [2.75, 3.05) is 39.5 Å². The van der Waals surface area contributed by atoms with Crippen LogP contribution in [0, 0.1) is 0 Å². The van der Waals surface area contributed by atoms with Gasteiger partial charge in [0.05, 0.1) is 51.2 Å². The van der Waals surface area contributed by atoms with Crippen molar-refractivity contribution in [2.45, 2.75) is 44.5 Å². The number of amides is 1. The Bertz CT molecular complexity index is 291. The molecule has 21 heavy (non-hydrogen) atoms. The lowest BCUT2D eigenvalue weighted by Crippen LogP contribution is -2.30. The van der Waals surface area contributed by atoms with E-state index in [1.54, 1.807) is 0 Å². The van der Waals surface area contributed by atoms with Gasteiger partial charge in [-0.2, -0.15) is 0 Å². The fourth-order valence-corrected chi connectivity index (χ4v) is 2.26. The molecule has 0 aliphatic carbocycles. The van der Waals surface area contributed by atoms with Crippen LogP contribution in [-0.4, -0.2) is 68.8 Å². The highest BCUT2D eigenvalue weighted by Crippen LogP contribution is 2.24. The molecule has 124 valence electrons. The van der Waals surface area contributed by atoms with Crippen molar-refractivity contribution < 1.29 is 24.1 Å². The van der Waals surface area contributed by atoms with Gasteiger partial charge in [-0.05, 0) is 6.42 Å². The first-order chi connectivity index (χ1) is 10.2. The van der Waals surface area contributed by atoms with Crippen LogP contribution < -0.4 is 11.1 Å². The molecule has 7 heteroatoms. The summed E-state index contributed by atoms with van der Waals surface area (Å²) in [6.07, 6.45) is 0.799. The van der Waals surface area contributed by atoms with Crippen LogP contribution in [0.5, 0.6) is 0 Å². The molecule has 4 N–H and O–H groups in total. The summed E-state index contributed by atoms with van der Waals surface area (Å²) in [4.78, 5) is 11.7. The fourth-order valence-electron chi connectivity index (χ4n) is 2.26. The van der Waals surface area contributed by atoms with E-state index in [1.807, 2.05) is 6.92 Å². The number of aliphatic hydroxyl groups is 1. The minimum absolute atomic E-state index is 0.0769. The highest BCUT2D eigenvalue weighted by molar-refractivity contribution is 5.76. The van der Waals surface area contributed by atoms with Crippen LogP contribution in [0.25, 0.3) is 0 Å². The summed E-state index contributed by atoms with van der Waals surface area (Å²) in [5.74, 6) is -0.0769. The second-order valence-electron chi connectivity index (χ2n) is 5.08. The Morgan fingerprint density at radius 3 is 2.67 bits per heavy atom. The molecule has 1 fully saturated rings. The smallest absolute Gasteiger partial charge is 0.222 e. The van der Waals surface area contributed by atoms with E-state index < -0.39 is 6.10 Å². The van der Waals surface area contributed by atoms with Gasteiger partial charge in [0.25, 0.3) is 0 Å². The number of carbonyl (C=O) groups excluding carboxylic acids is 1. The van der Waals surface area contributed by atoms with Crippen LogP contribution in [0.4, 0.5) is 0 Å². The van der Waals surface area contributed by atoms with E-state index in [4.69, 9.17) is 19.9 Å². The third-order valence-corrected chi connectivity index (χ3v) is 3.32. The van der Waals surface area contributed by atoms with E-state index in [-0.39, 0.29) is 24.5 Å². The van der Waals surface area contributed by atoms with E-state index in [1.165, 1.54) is 0 Å². The Labute approximate surface area is 126 Å². The maximum absolute atomic E-state index is 11.7. The van der Waals surface area contributed by atoms with E-state index in [9.17, 15) is 9.90 Å². The molecule has 1 rings (SSSR count). The third-order valence-electron chi connectivity index (χ3n) is 3.32. The molecular formula is C14H28N2O5. The second-order valence-corrected chi connectivity index (χ2v) is 5.08. The van der Waals surface area contributed by atoms with Gasteiger partial charge in [-0.3, -0.25) is 4.79 Å². The zero-order chi connectivity index (χ0) is 15.5. The standard InChI is InChI=1S/C14H28N2O5/c1-2-13-12(17)9-11(21-13)10-14(18)16-4-6-20-8-7-19-5-3-15/h11-13,17H,2-10,15H2,1H3,(H,16,18)/t11-,12?,13+/m0/s1. The maximum Gasteiger partial charge on any atom is 0.222 e. The monoisotopic (exact) mass is 304 g/mol. The zero-order valence-electron chi connectivity index (χ0n) is 12.8. The van der Waals surface area contributed by atoms with Crippen molar-refractivity contribution in [1.29, 1.82) is 0 Å². The van der Waals surface area contributed by atoms with Crippen LogP contribution in [-0.2, 0) is 19.0 Å². The van der Waals surface area contributed by atoms with Crippen LogP contribution in [0.1, 0.15) is 26.2 Å². The lowest BCUT2D eigenvalue weighted by molar-refractivity contribution is -0.124. The van der Waals surface area contributed by atoms with Gasteiger partial charge in [-0.25, -0.2) is 0 Å². The predicted molar refractivity (Wildman–Crippen MR) is 77.9 cm³/mol. The quantitative estimate of drug-likeness (QED) is 0.441. The minimum atomic E-state index is -0.454. The molecule has 0 bridgehead atoms. The van der Waals surface area contributed by atoms with E-state index in [0.717, 1.165) is 6.42 Å². The molecule has 1 aliphatic rings. The van der Waals surface area contributed by atoms with Crippen LogP contribution in [0.2, 0.25) is 0 Å². The number of hydrogen-bond acceptors (Lipinski definition) is 6. The van der Waals surface area contributed by atoms with Gasteiger partial charge >= 0.3 is 0 Å². The first-order valence-corrected chi connectivity index (χ1v) is 7.63. The molecule has 0 aromatic heterocycles. The number of ether oxygens (including phenoxy) is 3. The summed E-state index contributed by atoms with van der Waals surface area (Å²) < 4.78 is 16.1. The molecule has 1 saturated heterocycles. The minimum Gasteiger partial charge on any atom is -0.390 e. The Kier molecular flexibility index (Phi) is 9.53. The summed E-state index contributed by atoms with van der Waals surface area (Å²) in [6, 6.07) is 0. The second kappa shape index (κ2) is 10.9. The number of rotatable bonds is 11. The molecule has 0 radical (unpaired) electrons. The van der Waals surface area contributed by atoms with Crippen molar-refractivity contribution in [2.24, 2.45) is 5.73 Å². The summed E-state index contributed by atoms with van der Waals surface area (Å²) in [5, 5.41) is 12.5. The lowest BCUT2D eigenvalue weighted by Gasteiger charge is -2.12. The Morgan fingerprint density at radius 2 is 2.05 bits per heavy atom. The maximum atomic E-state index is 11.7. The predicted octanol–water partition coefficient (Wildman–Crippen LogP) is -0.587. The number of nitrogens with one attached hydrogen (secondary N) is 1. The zero-order valence-corrected chi connectivity index (χ0v) is 12.8. The molecule has 1 aliphatic heterocycles. The molecule has 0 spiro atoms. The van der Waals surface area contributed by atoms with E-state index in [2.05, 4.69) is 5.32 Å². The van der Waals surface area contributed by atoms with E-state index in [0.29, 0.717) is 45.9 Å². The fraction of sp³-hybridized carbons (Fsp3) is 0.929. The van der Waals surface area contributed by atoms with Crippen molar-refractivity contribution in [1.82, 2.24) is 5.32 Å². The molecule has 1 amide bonds. The average Bonchev–Trinajstić information content (AvgIpc) is 2.81. The normalized spacial score (nSPS) is 25.2. The molecule has 7 nitrogen and oxygen atoms in total. The van der Waals surface area contributed by atoms with Gasteiger partial charge in [0.2, 0.25) is 5.91 Å². The first-order valence-electron chi connectivity index (χ1n) is 7.63. The van der Waals surface area contributed by atoms with Crippen molar-refractivity contribution >= 4 is 5.91 Å². The first kappa shape index (κ1) is 18.3. The van der Waals surface area contributed by atoms with Gasteiger partial charge in [-0.1, -0.05) is 6.92 Å². The summed E-state index contributed by atoms with van der Waals surface area (Å²) in [7, 11) is 0.